The number of benzene rings is 2. The quantitative estimate of drug-likeness (QED) is 0.644. The summed E-state index contributed by atoms with van der Waals surface area (Å²) >= 11 is 6.84. The second kappa shape index (κ2) is 5.25. The van der Waals surface area contributed by atoms with Crippen LogP contribution in [0.4, 0.5) is 0 Å². The van der Waals surface area contributed by atoms with Gasteiger partial charge in [0.2, 0.25) is 0 Å². The molecule has 1 heterocycles. The highest BCUT2D eigenvalue weighted by atomic mass is 79.9. The van der Waals surface area contributed by atoms with Crippen LogP contribution in [0.25, 0.3) is 0 Å². The van der Waals surface area contributed by atoms with Crippen molar-refractivity contribution < 1.29 is 9.53 Å². The number of carbonyl (C=O) groups excluding carboxylic acids is 1. The Morgan fingerprint density at radius 2 is 1.71 bits per heavy atom. The molecule has 2 aromatic carbocycles. The van der Waals surface area contributed by atoms with E-state index in [1.54, 1.807) is 0 Å². The Labute approximate surface area is 140 Å². The van der Waals surface area contributed by atoms with Crippen molar-refractivity contribution in [2.75, 3.05) is 6.61 Å². The third kappa shape index (κ3) is 2.79. The van der Waals surface area contributed by atoms with Gasteiger partial charge in [0.25, 0.3) is 0 Å². The van der Waals surface area contributed by atoms with Crippen LogP contribution in [0.3, 0.4) is 0 Å². The Morgan fingerprint density at radius 3 is 2.38 bits per heavy atom. The van der Waals surface area contributed by atoms with Crippen molar-refractivity contribution in [2.24, 2.45) is 0 Å². The van der Waals surface area contributed by atoms with E-state index in [0.717, 1.165) is 20.3 Å². The van der Waals surface area contributed by atoms with Crippen molar-refractivity contribution in [3.63, 3.8) is 0 Å². The number of ketones is 1. The predicted octanol–water partition coefficient (Wildman–Crippen LogP) is 5.11. The fraction of sp³-hybridized carbons (Fsp3) is 0.235. The predicted molar refractivity (Wildman–Crippen MR) is 90.2 cm³/mol. The van der Waals surface area contributed by atoms with Crippen LogP contribution in [0.5, 0.6) is 5.75 Å². The first-order chi connectivity index (χ1) is 9.87. The van der Waals surface area contributed by atoms with E-state index in [-0.39, 0.29) is 11.2 Å². The lowest BCUT2D eigenvalue weighted by Crippen LogP contribution is -2.18. The Bertz CT molecular complexity index is 715. The smallest absolute Gasteiger partial charge is 0.193 e. The zero-order chi connectivity index (χ0) is 15.2. The second-order valence-electron chi connectivity index (χ2n) is 5.87. The minimum absolute atomic E-state index is 0.0162. The Hall–Kier alpha value is -1.13. The molecule has 0 N–H and O–H groups in total. The summed E-state index contributed by atoms with van der Waals surface area (Å²) in [5.41, 5.74) is 2.40. The second-order valence-corrected chi connectivity index (χ2v) is 7.70. The number of hydrogen-bond donors (Lipinski definition) is 0. The Balaban J connectivity index is 2.03. The van der Waals surface area contributed by atoms with Gasteiger partial charge in [-0.1, -0.05) is 45.7 Å². The van der Waals surface area contributed by atoms with Crippen LogP contribution in [0.15, 0.2) is 45.3 Å². The number of ether oxygens (including phenoxy) is 1. The molecule has 0 fully saturated rings. The summed E-state index contributed by atoms with van der Waals surface area (Å²) < 4.78 is 7.43. The summed E-state index contributed by atoms with van der Waals surface area (Å²) in [6.07, 6.45) is 0. The Kier molecular flexibility index (Phi) is 3.70. The number of fused-ring (bicyclic) bond motifs is 1. The van der Waals surface area contributed by atoms with Gasteiger partial charge in [0, 0.05) is 31.1 Å². The summed E-state index contributed by atoms with van der Waals surface area (Å²) in [6, 6.07) is 11.3. The maximum atomic E-state index is 12.7. The van der Waals surface area contributed by atoms with Crippen LogP contribution in [-0.2, 0) is 5.41 Å². The molecule has 1 aliphatic rings. The van der Waals surface area contributed by atoms with Crippen molar-refractivity contribution in [3.05, 3.63) is 62.0 Å². The van der Waals surface area contributed by atoms with E-state index in [4.69, 9.17) is 4.74 Å². The molecular weight excluding hydrogens is 396 g/mol. The maximum absolute atomic E-state index is 12.7. The van der Waals surface area contributed by atoms with Gasteiger partial charge < -0.3 is 4.74 Å². The molecule has 0 aliphatic carbocycles. The minimum Gasteiger partial charge on any atom is -0.492 e. The zero-order valence-electron chi connectivity index (χ0n) is 11.7. The third-order valence-corrected chi connectivity index (χ3v) is 4.60. The van der Waals surface area contributed by atoms with Gasteiger partial charge in [0.1, 0.15) is 5.75 Å². The molecule has 0 spiro atoms. The van der Waals surface area contributed by atoms with E-state index < -0.39 is 0 Å². The standard InChI is InChI=1S/C17H14Br2O2/c1-17(2)9-21-15-4-3-10(7-14(15)17)16(20)11-5-12(18)8-13(19)6-11/h3-8H,9H2,1-2H3. The lowest BCUT2D eigenvalue weighted by atomic mass is 9.85. The third-order valence-electron chi connectivity index (χ3n) is 3.68. The molecule has 0 atom stereocenters. The van der Waals surface area contributed by atoms with E-state index in [1.807, 2.05) is 36.4 Å². The van der Waals surface area contributed by atoms with E-state index in [0.29, 0.717) is 17.7 Å². The van der Waals surface area contributed by atoms with Crippen LogP contribution in [0.2, 0.25) is 0 Å². The van der Waals surface area contributed by atoms with Crippen LogP contribution in [-0.4, -0.2) is 12.4 Å². The molecule has 0 saturated carbocycles. The van der Waals surface area contributed by atoms with Crippen molar-refractivity contribution in [1.82, 2.24) is 0 Å². The summed E-state index contributed by atoms with van der Waals surface area (Å²) in [5.74, 6) is 0.898. The topological polar surface area (TPSA) is 26.3 Å². The SMILES string of the molecule is CC1(C)COc2ccc(C(=O)c3cc(Br)cc(Br)c3)cc21. The lowest BCUT2D eigenvalue weighted by molar-refractivity contribution is 0.103. The fourth-order valence-corrected chi connectivity index (χ4v) is 3.81. The molecular formula is C17H14Br2O2. The van der Waals surface area contributed by atoms with Gasteiger partial charge in [-0.3, -0.25) is 4.79 Å². The molecule has 1 aliphatic heterocycles. The molecule has 0 amide bonds. The molecule has 0 radical (unpaired) electrons. The Morgan fingerprint density at radius 1 is 1.05 bits per heavy atom. The number of rotatable bonds is 2. The maximum Gasteiger partial charge on any atom is 0.193 e. The summed E-state index contributed by atoms with van der Waals surface area (Å²) in [7, 11) is 0. The highest BCUT2D eigenvalue weighted by molar-refractivity contribution is 9.11. The minimum atomic E-state index is -0.0521. The van der Waals surface area contributed by atoms with Crippen LogP contribution in [0.1, 0.15) is 35.3 Å². The first-order valence-electron chi connectivity index (χ1n) is 6.65. The van der Waals surface area contributed by atoms with Gasteiger partial charge in [0.05, 0.1) is 6.61 Å². The molecule has 0 saturated heterocycles. The van der Waals surface area contributed by atoms with Gasteiger partial charge in [-0.2, -0.15) is 0 Å². The van der Waals surface area contributed by atoms with Gasteiger partial charge in [-0.15, -0.1) is 0 Å². The number of hydrogen-bond acceptors (Lipinski definition) is 2. The molecule has 2 nitrogen and oxygen atoms in total. The van der Waals surface area contributed by atoms with Crippen molar-refractivity contribution in [3.8, 4) is 5.75 Å². The average molecular weight is 410 g/mol. The first-order valence-corrected chi connectivity index (χ1v) is 8.23. The molecule has 108 valence electrons. The van der Waals surface area contributed by atoms with Crippen LogP contribution < -0.4 is 4.74 Å². The van der Waals surface area contributed by atoms with E-state index in [9.17, 15) is 4.79 Å². The summed E-state index contributed by atoms with van der Waals surface area (Å²) in [6.45, 7) is 4.91. The normalized spacial score (nSPS) is 15.4. The fourth-order valence-electron chi connectivity index (χ4n) is 2.51. The monoisotopic (exact) mass is 408 g/mol. The lowest BCUT2D eigenvalue weighted by Gasteiger charge is -2.15. The molecule has 0 bridgehead atoms. The van der Waals surface area contributed by atoms with Gasteiger partial charge in [-0.05, 0) is 36.4 Å². The number of carbonyl (C=O) groups is 1. The molecule has 4 heteroatoms. The van der Waals surface area contributed by atoms with E-state index >= 15 is 0 Å². The van der Waals surface area contributed by atoms with Crippen LogP contribution >= 0.6 is 31.9 Å². The summed E-state index contributed by atoms with van der Waals surface area (Å²) in [4.78, 5) is 12.7. The first kappa shape index (κ1) is 14.8. The van der Waals surface area contributed by atoms with Gasteiger partial charge in [-0.25, -0.2) is 0 Å². The molecule has 3 rings (SSSR count). The van der Waals surface area contributed by atoms with E-state index in [2.05, 4.69) is 45.7 Å². The van der Waals surface area contributed by atoms with E-state index in [1.165, 1.54) is 0 Å². The largest absolute Gasteiger partial charge is 0.492 e. The molecule has 0 unspecified atom stereocenters. The van der Waals surface area contributed by atoms with Crippen molar-refractivity contribution in [1.29, 1.82) is 0 Å². The van der Waals surface area contributed by atoms with Gasteiger partial charge >= 0.3 is 0 Å². The number of halogens is 2. The summed E-state index contributed by atoms with van der Waals surface area (Å²) in [5, 5.41) is 0. The molecule has 2 aromatic rings. The molecule has 21 heavy (non-hydrogen) atoms. The van der Waals surface area contributed by atoms with Crippen molar-refractivity contribution >= 4 is 37.6 Å². The van der Waals surface area contributed by atoms with Crippen molar-refractivity contribution in [2.45, 2.75) is 19.3 Å². The molecule has 0 aromatic heterocycles. The van der Waals surface area contributed by atoms with Gasteiger partial charge in [0.15, 0.2) is 5.78 Å². The highest BCUT2D eigenvalue weighted by Gasteiger charge is 2.32. The average Bonchev–Trinajstić information content (AvgIpc) is 2.72. The zero-order valence-corrected chi connectivity index (χ0v) is 14.9. The highest BCUT2D eigenvalue weighted by Crippen LogP contribution is 2.39. The van der Waals surface area contributed by atoms with Crippen LogP contribution in [0, 0.1) is 0 Å².